The molecule has 0 aromatic rings. The predicted octanol–water partition coefficient (Wildman–Crippen LogP) is 1.15. The first-order valence-electron chi connectivity index (χ1n) is 4.28. The van der Waals surface area contributed by atoms with E-state index in [1.807, 2.05) is 7.05 Å². The zero-order chi connectivity index (χ0) is 8.53. The fourth-order valence-corrected chi connectivity index (χ4v) is 0.778. The SMILES string of the molecule is C/C=C(\C)CNCCCNC. The topological polar surface area (TPSA) is 24.1 Å². The third kappa shape index (κ3) is 7.56. The Bertz CT molecular complexity index is 108. The molecule has 0 saturated carbocycles. The van der Waals surface area contributed by atoms with E-state index in [9.17, 15) is 0 Å². The van der Waals surface area contributed by atoms with Crippen LogP contribution in [0.3, 0.4) is 0 Å². The maximum absolute atomic E-state index is 3.36. The summed E-state index contributed by atoms with van der Waals surface area (Å²) in [6.45, 7) is 7.45. The van der Waals surface area contributed by atoms with E-state index in [0.29, 0.717) is 0 Å². The molecule has 0 aromatic heterocycles. The van der Waals surface area contributed by atoms with Crippen LogP contribution in [-0.4, -0.2) is 26.7 Å². The Balaban J connectivity index is 3.02. The zero-order valence-electron chi connectivity index (χ0n) is 7.91. The normalized spacial score (nSPS) is 12.1. The van der Waals surface area contributed by atoms with Gasteiger partial charge in [0.25, 0.3) is 0 Å². The van der Waals surface area contributed by atoms with Crippen LogP contribution in [0, 0.1) is 0 Å². The standard InChI is InChI=1S/C9H20N2/c1-4-9(2)8-11-7-5-6-10-3/h4,10-11H,5-8H2,1-3H3/b9-4+. The van der Waals surface area contributed by atoms with Gasteiger partial charge in [-0.2, -0.15) is 0 Å². The maximum Gasteiger partial charge on any atom is 0.0161 e. The lowest BCUT2D eigenvalue weighted by molar-refractivity contribution is 0.648. The van der Waals surface area contributed by atoms with Gasteiger partial charge in [-0.1, -0.05) is 11.6 Å². The molecule has 0 unspecified atom stereocenters. The molecule has 0 aliphatic heterocycles. The van der Waals surface area contributed by atoms with E-state index in [4.69, 9.17) is 0 Å². The summed E-state index contributed by atoms with van der Waals surface area (Å²) in [5.41, 5.74) is 1.41. The largest absolute Gasteiger partial charge is 0.320 e. The van der Waals surface area contributed by atoms with Crippen molar-refractivity contribution < 1.29 is 0 Å². The molecular weight excluding hydrogens is 136 g/mol. The van der Waals surface area contributed by atoms with Crippen molar-refractivity contribution in [1.29, 1.82) is 0 Å². The van der Waals surface area contributed by atoms with Gasteiger partial charge in [-0.15, -0.1) is 0 Å². The Hall–Kier alpha value is -0.340. The van der Waals surface area contributed by atoms with Crippen LogP contribution in [0.2, 0.25) is 0 Å². The van der Waals surface area contributed by atoms with Crippen LogP contribution < -0.4 is 10.6 Å². The second-order valence-corrected chi connectivity index (χ2v) is 2.77. The maximum atomic E-state index is 3.36. The van der Waals surface area contributed by atoms with Gasteiger partial charge in [-0.25, -0.2) is 0 Å². The molecule has 0 aliphatic rings. The minimum Gasteiger partial charge on any atom is -0.320 e. The molecule has 0 aliphatic carbocycles. The Morgan fingerprint density at radius 2 is 2.09 bits per heavy atom. The molecule has 0 aromatic carbocycles. The van der Waals surface area contributed by atoms with Crippen LogP contribution in [0.5, 0.6) is 0 Å². The lowest BCUT2D eigenvalue weighted by Gasteiger charge is -2.03. The molecule has 0 spiro atoms. The minimum absolute atomic E-state index is 1.03. The molecule has 0 radical (unpaired) electrons. The number of nitrogens with one attached hydrogen (secondary N) is 2. The van der Waals surface area contributed by atoms with E-state index in [1.165, 1.54) is 12.0 Å². The van der Waals surface area contributed by atoms with Crippen LogP contribution in [0.15, 0.2) is 11.6 Å². The van der Waals surface area contributed by atoms with E-state index >= 15 is 0 Å². The summed E-state index contributed by atoms with van der Waals surface area (Å²) in [6.07, 6.45) is 3.35. The summed E-state index contributed by atoms with van der Waals surface area (Å²) in [7, 11) is 1.98. The smallest absolute Gasteiger partial charge is 0.0161 e. The van der Waals surface area contributed by atoms with Crippen LogP contribution in [0.1, 0.15) is 20.3 Å². The van der Waals surface area contributed by atoms with Crippen LogP contribution in [0.25, 0.3) is 0 Å². The summed E-state index contributed by atoms with van der Waals surface area (Å²) in [4.78, 5) is 0. The average Bonchev–Trinajstić information content (AvgIpc) is 2.04. The van der Waals surface area contributed by atoms with E-state index in [1.54, 1.807) is 0 Å². The zero-order valence-corrected chi connectivity index (χ0v) is 7.91. The second-order valence-electron chi connectivity index (χ2n) is 2.77. The highest BCUT2D eigenvalue weighted by Gasteiger charge is 1.87. The van der Waals surface area contributed by atoms with Gasteiger partial charge in [-0.05, 0) is 40.4 Å². The van der Waals surface area contributed by atoms with Crippen molar-refractivity contribution in [3.8, 4) is 0 Å². The van der Waals surface area contributed by atoms with Gasteiger partial charge in [0.1, 0.15) is 0 Å². The monoisotopic (exact) mass is 156 g/mol. The number of allylic oxidation sites excluding steroid dienone is 1. The number of hydrogen-bond acceptors (Lipinski definition) is 2. The Labute approximate surface area is 70.1 Å². The van der Waals surface area contributed by atoms with Crippen LogP contribution in [0.4, 0.5) is 0 Å². The average molecular weight is 156 g/mol. The Morgan fingerprint density at radius 1 is 1.36 bits per heavy atom. The fourth-order valence-electron chi connectivity index (χ4n) is 0.778. The van der Waals surface area contributed by atoms with Crippen molar-refractivity contribution in [2.24, 2.45) is 0 Å². The van der Waals surface area contributed by atoms with Crippen molar-refractivity contribution in [3.05, 3.63) is 11.6 Å². The Morgan fingerprint density at radius 3 is 2.64 bits per heavy atom. The van der Waals surface area contributed by atoms with Gasteiger partial charge in [0.05, 0.1) is 0 Å². The molecule has 2 heteroatoms. The minimum atomic E-state index is 1.03. The van der Waals surface area contributed by atoms with Crippen molar-refractivity contribution in [2.75, 3.05) is 26.7 Å². The molecule has 11 heavy (non-hydrogen) atoms. The van der Waals surface area contributed by atoms with E-state index in [2.05, 4.69) is 30.6 Å². The van der Waals surface area contributed by atoms with Crippen molar-refractivity contribution >= 4 is 0 Å². The third-order valence-corrected chi connectivity index (χ3v) is 1.68. The number of hydrogen-bond donors (Lipinski definition) is 2. The molecule has 0 fully saturated rings. The summed E-state index contributed by atoms with van der Waals surface area (Å²) in [5, 5.41) is 6.48. The van der Waals surface area contributed by atoms with Gasteiger partial charge in [0.15, 0.2) is 0 Å². The van der Waals surface area contributed by atoms with Crippen LogP contribution in [-0.2, 0) is 0 Å². The summed E-state index contributed by atoms with van der Waals surface area (Å²) in [6, 6.07) is 0. The van der Waals surface area contributed by atoms with Gasteiger partial charge < -0.3 is 10.6 Å². The molecule has 0 rings (SSSR count). The highest BCUT2D eigenvalue weighted by molar-refractivity contribution is 4.97. The van der Waals surface area contributed by atoms with Gasteiger partial charge >= 0.3 is 0 Å². The fraction of sp³-hybridized carbons (Fsp3) is 0.778. The van der Waals surface area contributed by atoms with E-state index < -0.39 is 0 Å². The molecule has 0 bridgehead atoms. The lowest BCUT2D eigenvalue weighted by Crippen LogP contribution is -2.21. The molecule has 0 atom stereocenters. The summed E-state index contributed by atoms with van der Waals surface area (Å²) < 4.78 is 0. The summed E-state index contributed by atoms with van der Waals surface area (Å²) in [5.74, 6) is 0. The predicted molar refractivity (Wildman–Crippen MR) is 50.8 cm³/mol. The van der Waals surface area contributed by atoms with Crippen LogP contribution >= 0.6 is 0 Å². The summed E-state index contributed by atoms with van der Waals surface area (Å²) >= 11 is 0. The third-order valence-electron chi connectivity index (χ3n) is 1.68. The second kappa shape index (κ2) is 7.76. The van der Waals surface area contributed by atoms with Crippen molar-refractivity contribution in [3.63, 3.8) is 0 Å². The molecule has 66 valence electrons. The van der Waals surface area contributed by atoms with Gasteiger partial charge in [0.2, 0.25) is 0 Å². The first-order chi connectivity index (χ1) is 5.31. The van der Waals surface area contributed by atoms with Gasteiger partial charge in [-0.3, -0.25) is 0 Å². The molecule has 0 amide bonds. The first-order valence-corrected chi connectivity index (χ1v) is 4.28. The van der Waals surface area contributed by atoms with Crippen molar-refractivity contribution in [1.82, 2.24) is 10.6 Å². The van der Waals surface area contributed by atoms with E-state index in [0.717, 1.165) is 19.6 Å². The molecular formula is C9H20N2. The molecule has 0 heterocycles. The van der Waals surface area contributed by atoms with Crippen molar-refractivity contribution in [2.45, 2.75) is 20.3 Å². The Kier molecular flexibility index (Phi) is 7.52. The molecule has 0 saturated heterocycles. The highest BCUT2D eigenvalue weighted by atomic mass is 14.9. The van der Waals surface area contributed by atoms with E-state index in [-0.39, 0.29) is 0 Å². The first kappa shape index (κ1) is 10.7. The lowest BCUT2D eigenvalue weighted by atomic mass is 10.3. The highest BCUT2D eigenvalue weighted by Crippen LogP contribution is 1.87. The van der Waals surface area contributed by atoms with Gasteiger partial charge in [0, 0.05) is 6.54 Å². The molecule has 2 N–H and O–H groups in total. The quantitative estimate of drug-likeness (QED) is 0.445. The molecule has 2 nitrogen and oxygen atoms in total. The number of rotatable bonds is 6.